The maximum atomic E-state index is 10.7. The van der Waals surface area contributed by atoms with E-state index >= 15 is 0 Å². The predicted octanol–water partition coefficient (Wildman–Crippen LogP) is -1.73. The van der Waals surface area contributed by atoms with E-state index in [4.69, 9.17) is 15.9 Å². The smallest absolute Gasteiger partial charge is 0.322 e. The minimum atomic E-state index is -1.14. The number of rotatable bonds is 9. The Kier molecular flexibility index (Phi) is 6.81. The molecule has 8 nitrogen and oxygen atoms in total. The summed E-state index contributed by atoms with van der Waals surface area (Å²) in [5, 5.41) is 17.0. The molecular weight excluding hydrogens is 218 g/mol. The molecule has 0 rings (SSSR count). The minimum Gasteiger partial charge on any atom is -0.481 e. The summed E-state index contributed by atoms with van der Waals surface area (Å²) in [5.41, 5.74) is 9.75. The number of carboxylic acid groups (broad SMARTS) is 2. The average molecular weight is 233 g/mol. The Labute approximate surface area is 91.8 Å². The average Bonchev–Trinajstić information content (AvgIpc) is 2.15. The van der Waals surface area contributed by atoms with Crippen LogP contribution < -0.4 is 16.6 Å². The number of aliphatic carboxylic acids is 2. The van der Waals surface area contributed by atoms with Crippen LogP contribution >= 0.6 is 0 Å². The van der Waals surface area contributed by atoms with Crippen molar-refractivity contribution < 1.29 is 24.6 Å². The molecule has 0 aliphatic heterocycles. The summed E-state index contributed by atoms with van der Waals surface area (Å²) in [6.07, 6.45) is -0.134. The molecule has 92 valence electrons. The third-order valence-corrected chi connectivity index (χ3v) is 1.72. The monoisotopic (exact) mass is 233 g/mol. The maximum Gasteiger partial charge on any atom is 0.322 e. The van der Waals surface area contributed by atoms with Crippen LogP contribution in [0.2, 0.25) is 0 Å². The van der Waals surface area contributed by atoms with Crippen LogP contribution in [0.5, 0.6) is 0 Å². The number of hydrogen-bond acceptors (Lipinski definition) is 5. The van der Waals surface area contributed by atoms with E-state index in [1.807, 2.05) is 0 Å². The first kappa shape index (κ1) is 14.3. The van der Waals surface area contributed by atoms with Crippen LogP contribution in [0, 0.1) is 0 Å². The fraction of sp³-hybridized carbons (Fsp3) is 0.625. The topological polar surface area (TPSA) is 142 Å². The van der Waals surface area contributed by atoms with E-state index in [-0.39, 0.29) is 25.8 Å². The Bertz CT molecular complexity index is 268. The van der Waals surface area contributed by atoms with Crippen molar-refractivity contribution in [2.24, 2.45) is 5.73 Å². The van der Waals surface area contributed by atoms with Crippen molar-refractivity contribution in [2.75, 3.05) is 6.54 Å². The summed E-state index contributed by atoms with van der Waals surface area (Å²) in [6, 6.07) is -0.971. The molecule has 6 N–H and O–H groups in total. The molecule has 0 aromatic heterocycles. The van der Waals surface area contributed by atoms with Crippen molar-refractivity contribution >= 4 is 17.8 Å². The van der Waals surface area contributed by atoms with Crippen LogP contribution in [-0.4, -0.2) is 40.6 Å². The summed E-state index contributed by atoms with van der Waals surface area (Å²) in [6.45, 7) is 0.0929. The van der Waals surface area contributed by atoms with E-state index in [2.05, 4.69) is 10.9 Å². The van der Waals surface area contributed by atoms with Gasteiger partial charge in [-0.1, -0.05) is 0 Å². The van der Waals surface area contributed by atoms with Gasteiger partial charge in [0.25, 0.3) is 0 Å². The standard InChI is InChI=1S/C8H15N3O5/c9-6(12)2-1-5(8(15)16)11-10-4-3-7(13)14/h5,10-11H,1-4H2,(H2,9,12)(H,13,14)(H,15,16)/t5-/m0/s1. The van der Waals surface area contributed by atoms with Gasteiger partial charge in [-0.2, -0.15) is 0 Å². The lowest BCUT2D eigenvalue weighted by Gasteiger charge is -2.13. The highest BCUT2D eigenvalue weighted by Gasteiger charge is 2.17. The quantitative estimate of drug-likeness (QED) is 0.235. The molecule has 0 heterocycles. The SMILES string of the molecule is NC(=O)CC[C@H](NNCCC(=O)O)C(=O)O. The molecule has 0 spiro atoms. The number of nitrogens with one attached hydrogen (secondary N) is 2. The fourth-order valence-corrected chi connectivity index (χ4v) is 0.909. The molecule has 0 bridgehead atoms. The van der Waals surface area contributed by atoms with Crippen LogP contribution in [0.25, 0.3) is 0 Å². The highest BCUT2D eigenvalue weighted by Crippen LogP contribution is 1.95. The second kappa shape index (κ2) is 7.60. The largest absolute Gasteiger partial charge is 0.481 e. The fourth-order valence-electron chi connectivity index (χ4n) is 0.909. The molecule has 0 aliphatic rings. The molecule has 0 radical (unpaired) electrons. The van der Waals surface area contributed by atoms with E-state index in [9.17, 15) is 14.4 Å². The van der Waals surface area contributed by atoms with Gasteiger partial charge in [0, 0.05) is 13.0 Å². The van der Waals surface area contributed by atoms with Gasteiger partial charge in [0.1, 0.15) is 6.04 Å². The first-order valence-corrected chi connectivity index (χ1v) is 4.64. The number of primary amides is 1. The van der Waals surface area contributed by atoms with Crippen LogP contribution in [0.4, 0.5) is 0 Å². The summed E-state index contributed by atoms with van der Waals surface area (Å²) in [7, 11) is 0. The van der Waals surface area contributed by atoms with E-state index in [0.717, 1.165) is 0 Å². The number of carbonyl (C=O) groups is 3. The maximum absolute atomic E-state index is 10.7. The molecule has 0 saturated heterocycles. The number of hydrazine groups is 1. The van der Waals surface area contributed by atoms with Gasteiger partial charge in [-0.05, 0) is 6.42 Å². The molecule has 16 heavy (non-hydrogen) atoms. The van der Waals surface area contributed by atoms with E-state index in [1.54, 1.807) is 0 Å². The normalized spacial score (nSPS) is 12.0. The zero-order valence-corrected chi connectivity index (χ0v) is 8.60. The molecule has 0 aliphatic carbocycles. The van der Waals surface area contributed by atoms with Crippen molar-refractivity contribution in [1.29, 1.82) is 0 Å². The van der Waals surface area contributed by atoms with Gasteiger partial charge >= 0.3 is 11.9 Å². The van der Waals surface area contributed by atoms with Crippen molar-refractivity contribution in [1.82, 2.24) is 10.9 Å². The highest BCUT2D eigenvalue weighted by molar-refractivity contribution is 5.77. The molecule has 0 unspecified atom stereocenters. The van der Waals surface area contributed by atoms with E-state index in [0.29, 0.717) is 0 Å². The number of hydrogen-bond donors (Lipinski definition) is 5. The number of amides is 1. The minimum absolute atomic E-state index is 0.0464. The van der Waals surface area contributed by atoms with Gasteiger partial charge in [0.05, 0.1) is 6.42 Å². The Hall–Kier alpha value is -1.67. The Morgan fingerprint density at radius 1 is 1.19 bits per heavy atom. The molecule has 0 saturated carbocycles. The molecule has 8 heteroatoms. The van der Waals surface area contributed by atoms with E-state index < -0.39 is 23.9 Å². The van der Waals surface area contributed by atoms with Crippen LogP contribution in [0.3, 0.4) is 0 Å². The lowest BCUT2D eigenvalue weighted by Crippen LogP contribution is -2.46. The third-order valence-electron chi connectivity index (χ3n) is 1.72. The van der Waals surface area contributed by atoms with Crippen molar-refractivity contribution in [3.05, 3.63) is 0 Å². The molecule has 0 fully saturated rings. The van der Waals surface area contributed by atoms with Gasteiger partial charge in [0.2, 0.25) is 5.91 Å². The summed E-state index contributed by atoms with van der Waals surface area (Å²) >= 11 is 0. The number of nitrogens with two attached hydrogens (primary N) is 1. The second-order valence-corrected chi connectivity index (χ2v) is 3.11. The van der Waals surface area contributed by atoms with E-state index in [1.165, 1.54) is 0 Å². The molecular formula is C8H15N3O5. The van der Waals surface area contributed by atoms with Gasteiger partial charge in [-0.3, -0.25) is 19.8 Å². The second-order valence-electron chi connectivity index (χ2n) is 3.11. The van der Waals surface area contributed by atoms with Gasteiger partial charge in [-0.15, -0.1) is 0 Å². The first-order valence-electron chi connectivity index (χ1n) is 4.64. The van der Waals surface area contributed by atoms with Crippen LogP contribution in [0.15, 0.2) is 0 Å². The number of carboxylic acids is 2. The van der Waals surface area contributed by atoms with Gasteiger partial charge in [-0.25, -0.2) is 5.43 Å². The predicted molar refractivity (Wildman–Crippen MR) is 53.2 cm³/mol. The zero-order chi connectivity index (χ0) is 12.6. The highest BCUT2D eigenvalue weighted by atomic mass is 16.4. The summed E-state index contributed by atoms with van der Waals surface area (Å²) in [4.78, 5) is 31.3. The van der Waals surface area contributed by atoms with Gasteiger partial charge < -0.3 is 15.9 Å². The van der Waals surface area contributed by atoms with Crippen molar-refractivity contribution in [3.8, 4) is 0 Å². The Morgan fingerprint density at radius 2 is 1.81 bits per heavy atom. The summed E-state index contributed by atoms with van der Waals surface area (Å²) in [5.74, 6) is -2.71. The van der Waals surface area contributed by atoms with Gasteiger partial charge in [0.15, 0.2) is 0 Å². The summed E-state index contributed by atoms with van der Waals surface area (Å²) < 4.78 is 0. The first-order chi connectivity index (χ1) is 7.43. The Morgan fingerprint density at radius 3 is 2.25 bits per heavy atom. The number of carbonyl (C=O) groups excluding carboxylic acids is 1. The van der Waals surface area contributed by atoms with Crippen LogP contribution in [-0.2, 0) is 14.4 Å². The molecule has 1 amide bonds. The Balaban J connectivity index is 3.81. The zero-order valence-electron chi connectivity index (χ0n) is 8.60. The van der Waals surface area contributed by atoms with Crippen molar-refractivity contribution in [2.45, 2.75) is 25.3 Å². The third kappa shape index (κ3) is 7.71. The van der Waals surface area contributed by atoms with Crippen LogP contribution in [0.1, 0.15) is 19.3 Å². The lowest BCUT2D eigenvalue weighted by atomic mass is 10.1. The molecule has 1 atom stereocenters. The molecule has 0 aromatic rings. The molecule has 0 aromatic carbocycles. The lowest BCUT2D eigenvalue weighted by molar-refractivity contribution is -0.140. The van der Waals surface area contributed by atoms with Crippen molar-refractivity contribution in [3.63, 3.8) is 0 Å².